The van der Waals surface area contributed by atoms with Gasteiger partial charge in [0.15, 0.2) is 0 Å². The zero-order chi connectivity index (χ0) is 12.7. The van der Waals surface area contributed by atoms with E-state index in [1.165, 1.54) is 5.56 Å². The maximum Gasteiger partial charge on any atom is 0.122 e. The smallest absolute Gasteiger partial charge is 0.122 e. The van der Waals surface area contributed by atoms with Crippen molar-refractivity contribution in [1.29, 1.82) is 0 Å². The minimum absolute atomic E-state index is 0.334. The van der Waals surface area contributed by atoms with Gasteiger partial charge in [-0.15, -0.1) is 0 Å². The van der Waals surface area contributed by atoms with Crippen LogP contribution < -0.4 is 10.1 Å². The second-order valence-corrected chi connectivity index (χ2v) is 4.44. The van der Waals surface area contributed by atoms with E-state index in [4.69, 9.17) is 4.74 Å². The van der Waals surface area contributed by atoms with Crippen molar-refractivity contribution in [3.8, 4) is 5.75 Å². The van der Waals surface area contributed by atoms with Gasteiger partial charge in [-0.05, 0) is 38.4 Å². The molecule has 0 aromatic heterocycles. The molecule has 0 spiro atoms. The van der Waals surface area contributed by atoms with Gasteiger partial charge in [0.2, 0.25) is 0 Å². The third kappa shape index (κ3) is 5.20. The molecule has 3 nitrogen and oxygen atoms in total. The van der Waals surface area contributed by atoms with Gasteiger partial charge in [-0.25, -0.2) is 0 Å². The molecule has 1 aromatic carbocycles. The van der Waals surface area contributed by atoms with Crippen LogP contribution in [0.3, 0.4) is 0 Å². The summed E-state index contributed by atoms with van der Waals surface area (Å²) in [7, 11) is 0. The zero-order valence-corrected chi connectivity index (χ0v) is 11.0. The van der Waals surface area contributed by atoms with Crippen molar-refractivity contribution in [3.63, 3.8) is 0 Å². The predicted molar refractivity (Wildman–Crippen MR) is 70.6 cm³/mol. The third-order valence-corrected chi connectivity index (χ3v) is 2.57. The topological polar surface area (TPSA) is 41.5 Å². The Bertz CT molecular complexity index is 339. The van der Waals surface area contributed by atoms with Crippen LogP contribution in [-0.2, 0) is 0 Å². The highest BCUT2D eigenvalue weighted by Crippen LogP contribution is 2.18. The molecule has 0 unspecified atom stereocenters. The summed E-state index contributed by atoms with van der Waals surface area (Å²) in [6.07, 6.45) is 0.618. The van der Waals surface area contributed by atoms with Crippen LogP contribution in [-0.4, -0.2) is 30.9 Å². The molecule has 0 radical (unpaired) electrons. The first-order valence-corrected chi connectivity index (χ1v) is 6.22. The summed E-state index contributed by atoms with van der Waals surface area (Å²) in [5.74, 6) is 0.852. The Morgan fingerprint density at radius 1 is 1.35 bits per heavy atom. The fourth-order valence-electron chi connectivity index (χ4n) is 1.65. The number of rotatable bonds is 7. The van der Waals surface area contributed by atoms with E-state index in [2.05, 4.69) is 25.2 Å². The zero-order valence-electron chi connectivity index (χ0n) is 11.0. The monoisotopic (exact) mass is 237 g/mol. The molecule has 1 aromatic rings. The molecule has 0 bridgehead atoms. The Morgan fingerprint density at radius 2 is 2.12 bits per heavy atom. The number of hydrogen-bond donors (Lipinski definition) is 2. The van der Waals surface area contributed by atoms with Crippen molar-refractivity contribution < 1.29 is 9.84 Å². The molecule has 3 heteroatoms. The molecular weight excluding hydrogens is 214 g/mol. The van der Waals surface area contributed by atoms with E-state index in [1.807, 2.05) is 19.1 Å². The van der Waals surface area contributed by atoms with Gasteiger partial charge < -0.3 is 15.2 Å². The van der Waals surface area contributed by atoms with Crippen molar-refractivity contribution in [1.82, 2.24) is 5.32 Å². The third-order valence-electron chi connectivity index (χ3n) is 2.57. The van der Waals surface area contributed by atoms with Gasteiger partial charge >= 0.3 is 0 Å². The lowest BCUT2D eigenvalue weighted by Crippen LogP contribution is -2.31. The molecule has 0 amide bonds. The van der Waals surface area contributed by atoms with Gasteiger partial charge in [-0.2, -0.15) is 0 Å². The first kappa shape index (κ1) is 14.0. The summed E-state index contributed by atoms with van der Waals surface area (Å²) in [6.45, 7) is 8.02. The van der Waals surface area contributed by atoms with E-state index in [0.29, 0.717) is 13.2 Å². The average molecular weight is 237 g/mol. The molecule has 0 heterocycles. The Hall–Kier alpha value is -1.06. The van der Waals surface area contributed by atoms with Crippen molar-refractivity contribution in [3.05, 3.63) is 29.3 Å². The highest BCUT2D eigenvalue weighted by Gasteiger charge is 2.06. The maximum atomic E-state index is 9.70. The summed E-state index contributed by atoms with van der Waals surface area (Å²) >= 11 is 0. The quantitative estimate of drug-likeness (QED) is 0.713. The molecule has 0 aliphatic carbocycles. The van der Waals surface area contributed by atoms with Gasteiger partial charge in [-0.3, -0.25) is 0 Å². The van der Waals surface area contributed by atoms with Crippen LogP contribution in [0.15, 0.2) is 18.2 Å². The molecule has 0 saturated carbocycles. The molecule has 1 rings (SSSR count). The normalized spacial score (nSPS) is 12.5. The number of aliphatic hydroxyl groups is 1. The Morgan fingerprint density at radius 3 is 2.76 bits per heavy atom. The second kappa shape index (κ2) is 7.30. The summed E-state index contributed by atoms with van der Waals surface area (Å²) in [5.41, 5.74) is 2.33. The van der Waals surface area contributed by atoms with Crippen molar-refractivity contribution in [2.45, 2.75) is 33.3 Å². The van der Waals surface area contributed by atoms with Crippen molar-refractivity contribution in [2.24, 2.45) is 0 Å². The summed E-state index contributed by atoms with van der Waals surface area (Å²) < 4.78 is 5.59. The molecule has 17 heavy (non-hydrogen) atoms. The highest BCUT2D eigenvalue weighted by atomic mass is 16.5. The number of aryl methyl sites for hydroxylation is 2. The predicted octanol–water partition coefficient (Wildman–Crippen LogP) is 2.04. The number of hydrogen-bond acceptors (Lipinski definition) is 3. The van der Waals surface area contributed by atoms with Crippen LogP contribution in [0.5, 0.6) is 5.75 Å². The van der Waals surface area contributed by atoms with Crippen LogP contribution in [0, 0.1) is 13.8 Å². The minimum atomic E-state index is -0.456. The highest BCUT2D eigenvalue weighted by molar-refractivity contribution is 5.35. The van der Waals surface area contributed by atoms with Gasteiger partial charge in [0.25, 0.3) is 0 Å². The van der Waals surface area contributed by atoms with Crippen LogP contribution in [0.2, 0.25) is 0 Å². The summed E-state index contributed by atoms with van der Waals surface area (Å²) in [4.78, 5) is 0. The molecule has 0 fully saturated rings. The molecule has 0 aliphatic heterocycles. The Balaban J connectivity index is 2.34. The maximum absolute atomic E-state index is 9.70. The Kier molecular flexibility index (Phi) is 6.01. The molecule has 0 aliphatic rings. The van der Waals surface area contributed by atoms with E-state index < -0.39 is 6.10 Å². The summed E-state index contributed by atoms with van der Waals surface area (Å²) in [6, 6.07) is 6.05. The van der Waals surface area contributed by atoms with Crippen LogP contribution in [0.1, 0.15) is 24.5 Å². The number of benzene rings is 1. The minimum Gasteiger partial charge on any atom is -0.491 e. The van der Waals surface area contributed by atoms with Crippen LogP contribution in [0.4, 0.5) is 0 Å². The van der Waals surface area contributed by atoms with Gasteiger partial charge in [0.1, 0.15) is 18.5 Å². The number of nitrogens with one attached hydrogen (secondary N) is 1. The van der Waals surface area contributed by atoms with E-state index >= 15 is 0 Å². The standard InChI is InChI=1S/C14H23NO2/c1-4-7-15-9-13(16)10-17-14-6-5-11(2)8-12(14)3/h5-6,8,13,15-16H,4,7,9-10H2,1-3H3/t13-/m0/s1. The first-order chi connectivity index (χ1) is 8.13. The molecular formula is C14H23NO2. The van der Waals surface area contributed by atoms with Crippen LogP contribution >= 0.6 is 0 Å². The van der Waals surface area contributed by atoms with Crippen molar-refractivity contribution >= 4 is 0 Å². The molecule has 2 N–H and O–H groups in total. The largest absolute Gasteiger partial charge is 0.491 e. The van der Waals surface area contributed by atoms with E-state index in [0.717, 1.165) is 24.3 Å². The molecule has 0 saturated heterocycles. The van der Waals surface area contributed by atoms with Gasteiger partial charge in [0, 0.05) is 6.54 Å². The van der Waals surface area contributed by atoms with E-state index in [1.54, 1.807) is 0 Å². The molecule has 1 atom stereocenters. The lowest BCUT2D eigenvalue weighted by Gasteiger charge is -2.14. The summed E-state index contributed by atoms with van der Waals surface area (Å²) in [5, 5.41) is 12.9. The fourth-order valence-corrected chi connectivity index (χ4v) is 1.65. The molecule has 96 valence electrons. The lowest BCUT2D eigenvalue weighted by molar-refractivity contribution is 0.106. The average Bonchev–Trinajstić information content (AvgIpc) is 2.28. The first-order valence-electron chi connectivity index (χ1n) is 6.22. The Labute approximate surface area is 104 Å². The SMILES string of the molecule is CCCNC[C@H](O)COc1ccc(C)cc1C. The lowest BCUT2D eigenvalue weighted by atomic mass is 10.1. The number of ether oxygens (including phenoxy) is 1. The van der Waals surface area contributed by atoms with Crippen molar-refractivity contribution in [2.75, 3.05) is 19.7 Å². The fraction of sp³-hybridized carbons (Fsp3) is 0.571. The van der Waals surface area contributed by atoms with Crippen LogP contribution in [0.25, 0.3) is 0 Å². The van der Waals surface area contributed by atoms with E-state index in [9.17, 15) is 5.11 Å². The van der Waals surface area contributed by atoms with E-state index in [-0.39, 0.29) is 0 Å². The second-order valence-electron chi connectivity index (χ2n) is 4.44. The number of aliphatic hydroxyl groups excluding tert-OH is 1. The van der Waals surface area contributed by atoms with Gasteiger partial charge in [-0.1, -0.05) is 24.6 Å². The van der Waals surface area contributed by atoms with Gasteiger partial charge in [0.05, 0.1) is 0 Å².